The van der Waals surface area contributed by atoms with Crippen LogP contribution in [0.5, 0.6) is 11.5 Å². The fourth-order valence-corrected chi connectivity index (χ4v) is 5.12. The number of piperazine rings is 1. The summed E-state index contributed by atoms with van der Waals surface area (Å²) >= 11 is 6.08. The van der Waals surface area contributed by atoms with Gasteiger partial charge in [0.1, 0.15) is 34.8 Å². The lowest BCUT2D eigenvalue weighted by atomic mass is 10.0. The molecule has 1 fully saturated rings. The molecular formula is C33H37ClFN3O5. The second-order valence-electron chi connectivity index (χ2n) is 11.3. The molecular weight excluding hydrogens is 573 g/mol. The molecule has 0 aromatic heterocycles. The number of hydrogen-bond acceptors (Lipinski definition) is 5. The molecule has 0 unspecified atom stereocenters. The number of hydrogen-bond donors (Lipinski definition) is 0. The van der Waals surface area contributed by atoms with E-state index in [1.165, 1.54) is 29.2 Å². The maximum atomic E-state index is 14.3. The maximum absolute atomic E-state index is 14.3. The van der Waals surface area contributed by atoms with Crippen LogP contribution in [0.2, 0.25) is 0 Å². The van der Waals surface area contributed by atoms with Gasteiger partial charge in [0, 0.05) is 25.3 Å². The van der Waals surface area contributed by atoms with Crippen LogP contribution in [-0.4, -0.2) is 64.9 Å². The van der Waals surface area contributed by atoms with Crippen molar-refractivity contribution in [2.24, 2.45) is 0 Å². The molecule has 1 aliphatic rings. The van der Waals surface area contributed by atoms with E-state index in [9.17, 15) is 18.8 Å². The number of ether oxygens (including phenoxy) is 2. The number of alkyl halides is 1. The Morgan fingerprint density at radius 1 is 0.953 bits per heavy atom. The summed E-state index contributed by atoms with van der Waals surface area (Å²) in [6.07, 6.45) is 0.163. The van der Waals surface area contributed by atoms with Crippen LogP contribution >= 0.6 is 11.6 Å². The molecule has 10 heteroatoms. The molecule has 228 valence electrons. The fourth-order valence-electron chi connectivity index (χ4n) is 4.99. The predicted octanol–water partition coefficient (Wildman–Crippen LogP) is 6.79. The molecule has 8 nitrogen and oxygen atoms in total. The van der Waals surface area contributed by atoms with Crippen molar-refractivity contribution < 1.29 is 28.2 Å². The van der Waals surface area contributed by atoms with Gasteiger partial charge in [0.05, 0.1) is 6.04 Å². The first-order chi connectivity index (χ1) is 20.5. The second-order valence-corrected chi connectivity index (χ2v) is 11.5. The number of amides is 3. The Hall–Kier alpha value is -4.11. The summed E-state index contributed by atoms with van der Waals surface area (Å²) in [5.41, 5.74) is 0.199. The van der Waals surface area contributed by atoms with Crippen molar-refractivity contribution in [3.8, 4) is 11.5 Å². The van der Waals surface area contributed by atoms with Gasteiger partial charge in [-0.1, -0.05) is 37.3 Å². The van der Waals surface area contributed by atoms with Gasteiger partial charge in [0.2, 0.25) is 5.91 Å². The second kappa shape index (κ2) is 13.9. The van der Waals surface area contributed by atoms with Gasteiger partial charge in [-0.25, -0.2) is 9.18 Å². The first-order valence-corrected chi connectivity index (χ1v) is 14.8. The summed E-state index contributed by atoms with van der Waals surface area (Å²) in [7, 11) is 0. The number of carbonyl (C=O) groups excluding carboxylic acids is 3. The molecule has 3 amide bonds. The SMILES string of the molecule is CC[C@H]1CN(C(=O)[C@@H](c2ccc(F)cc2)N(C(=O)CCl)c2ccc(Oc3ccccc3)cc2)CCN1C(=O)OC(C)(C)C. The van der Waals surface area contributed by atoms with Crippen LogP contribution in [0, 0.1) is 5.82 Å². The molecule has 1 aliphatic heterocycles. The van der Waals surface area contributed by atoms with Crippen molar-refractivity contribution >= 4 is 35.2 Å². The van der Waals surface area contributed by atoms with E-state index in [2.05, 4.69) is 0 Å². The summed E-state index contributed by atoms with van der Waals surface area (Å²) < 4.78 is 25.4. The van der Waals surface area contributed by atoms with Gasteiger partial charge in [-0.2, -0.15) is 0 Å². The van der Waals surface area contributed by atoms with Crippen molar-refractivity contribution in [2.75, 3.05) is 30.4 Å². The minimum atomic E-state index is -1.13. The van der Waals surface area contributed by atoms with E-state index in [1.54, 1.807) is 34.1 Å². The highest BCUT2D eigenvalue weighted by Crippen LogP contribution is 2.33. The van der Waals surface area contributed by atoms with E-state index in [0.717, 1.165) is 0 Å². The van der Waals surface area contributed by atoms with Crippen LogP contribution in [0.15, 0.2) is 78.9 Å². The number of carbonyl (C=O) groups is 3. The minimum absolute atomic E-state index is 0.235. The molecule has 3 aromatic rings. The Morgan fingerprint density at radius 3 is 2.16 bits per heavy atom. The van der Waals surface area contributed by atoms with Gasteiger partial charge < -0.3 is 19.3 Å². The van der Waals surface area contributed by atoms with Crippen molar-refractivity contribution in [1.29, 1.82) is 0 Å². The number of rotatable bonds is 8. The van der Waals surface area contributed by atoms with Crippen molar-refractivity contribution in [1.82, 2.24) is 9.80 Å². The van der Waals surface area contributed by atoms with Gasteiger partial charge in [-0.15, -0.1) is 11.6 Å². The standard InChI is InChI=1S/C33H37ClFN3O5/c1-5-25-22-36(19-20-37(25)32(41)43-33(2,3)4)31(40)30(23-11-13-24(35)14-12-23)38(29(39)21-34)26-15-17-28(18-16-26)42-27-9-7-6-8-10-27/h6-18,25,30H,5,19-22H2,1-4H3/t25-,30+/m0/s1. The van der Waals surface area contributed by atoms with Crippen molar-refractivity contribution in [2.45, 2.75) is 51.8 Å². The predicted molar refractivity (Wildman–Crippen MR) is 164 cm³/mol. The summed E-state index contributed by atoms with van der Waals surface area (Å²) in [4.78, 5) is 45.3. The van der Waals surface area contributed by atoms with E-state index < -0.39 is 29.5 Å². The minimum Gasteiger partial charge on any atom is -0.457 e. The van der Waals surface area contributed by atoms with E-state index >= 15 is 0 Å². The largest absolute Gasteiger partial charge is 0.457 e. The van der Waals surface area contributed by atoms with Gasteiger partial charge in [-0.05, 0) is 81.3 Å². The maximum Gasteiger partial charge on any atom is 0.410 e. The lowest BCUT2D eigenvalue weighted by Crippen LogP contribution is -2.59. The number of halogens is 2. The third kappa shape index (κ3) is 8.04. The molecule has 1 saturated heterocycles. The molecule has 3 aromatic carbocycles. The van der Waals surface area contributed by atoms with Gasteiger partial charge in [0.25, 0.3) is 5.91 Å². The zero-order chi connectivity index (χ0) is 31.1. The third-order valence-electron chi connectivity index (χ3n) is 7.05. The molecule has 0 radical (unpaired) electrons. The molecule has 0 spiro atoms. The van der Waals surface area contributed by atoms with Crippen molar-refractivity contribution in [3.63, 3.8) is 0 Å². The quantitative estimate of drug-likeness (QED) is 0.263. The van der Waals surface area contributed by atoms with Crippen LogP contribution in [0.25, 0.3) is 0 Å². The van der Waals surface area contributed by atoms with E-state index in [4.69, 9.17) is 21.1 Å². The molecule has 0 N–H and O–H groups in total. The zero-order valence-corrected chi connectivity index (χ0v) is 25.6. The van der Waals surface area contributed by atoms with Gasteiger partial charge >= 0.3 is 6.09 Å². The van der Waals surface area contributed by atoms with E-state index in [1.807, 2.05) is 58.0 Å². The Morgan fingerprint density at radius 2 is 1.58 bits per heavy atom. The highest BCUT2D eigenvalue weighted by atomic mass is 35.5. The highest BCUT2D eigenvalue weighted by Gasteiger charge is 2.40. The molecule has 1 heterocycles. The summed E-state index contributed by atoms with van der Waals surface area (Å²) in [5.74, 6) is -0.514. The lowest BCUT2D eigenvalue weighted by Gasteiger charge is -2.43. The van der Waals surface area contributed by atoms with E-state index in [-0.39, 0.29) is 37.5 Å². The van der Waals surface area contributed by atoms with Crippen LogP contribution in [-0.2, 0) is 14.3 Å². The van der Waals surface area contributed by atoms with Crippen LogP contribution in [0.4, 0.5) is 14.9 Å². The Kier molecular flexibility index (Phi) is 10.3. The summed E-state index contributed by atoms with van der Waals surface area (Å²) in [5, 5.41) is 0. The molecule has 0 saturated carbocycles. The van der Waals surface area contributed by atoms with Crippen LogP contribution in [0.1, 0.15) is 45.7 Å². The smallest absolute Gasteiger partial charge is 0.410 e. The molecule has 0 aliphatic carbocycles. The average Bonchev–Trinajstić information content (AvgIpc) is 2.99. The average molecular weight is 610 g/mol. The van der Waals surface area contributed by atoms with Crippen LogP contribution in [0.3, 0.4) is 0 Å². The Bertz CT molecular complexity index is 1400. The number of nitrogens with zero attached hydrogens (tertiary/aromatic N) is 3. The van der Waals surface area contributed by atoms with Gasteiger partial charge in [-0.3, -0.25) is 14.5 Å². The summed E-state index contributed by atoms with van der Waals surface area (Å²) in [6, 6.07) is 20.1. The first kappa shape index (κ1) is 31.8. The number of anilines is 1. The van der Waals surface area contributed by atoms with Crippen molar-refractivity contribution in [3.05, 3.63) is 90.2 Å². The normalized spacial score (nSPS) is 15.9. The monoisotopic (exact) mass is 609 g/mol. The molecule has 2 atom stereocenters. The van der Waals surface area contributed by atoms with Gasteiger partial charge in [0.15, 0.2) is 0 Å². The molecule has 0 bridgehead atoms. The fraction of sp³-hybridized carbons (Fsp3) is 0.364. The topological polar surface area (TPSA) is 79.4 Å². The van der Waals surface area contributed by atoms with Crippen LogP contribution < -0.4 is 9.64 Å². The molecule has 43 heavy (non-hydrogen) atoms. The lowest BCUT2D eigenvalue weighted by molar-refractivity contribution is -0.137. The number of benzene rings is 3. The highest BCUT2D eigenvalue weighted by molar-refractivity contribution is 6.29. The first-order valence-electron chi connectivity index (χ1n) is 14.3. The molecule has 4 rings (SSSR count). The Labute approximate surface area is 256 Å². The summed E-state index contributed by atoms with van der Waals surface area (Å²) in [6.45, 7) is 8.11. The van der Waals surface area contributed by atoms with E-state index in [0.29, 0.717) is 29.2 Å². The zero-order valence-electron chi connectivity index (χ0n) is 24.8. The third-order valence-corrected chi connectivity index (χ3v) is 7.28. The number of para-hydroxylation sites is 1. The Balaban J connectivity index is 1.65.